The van der Waals surface area contributed by atoms with Crippen LogP contribution in [0.1, 0.15) is 5.56 Å². The molecule has 4 N–H and O–H groups in total. The summed E-state index contributed by atoms with van der Waals surface area (Å²) in [5.74, 6) is -0.611. The van der Waals surface area contributed by atoms with Gasteiger partial charge >= 0.3 is 0 Å². The minimum absolute atomic E-state index is 0.0645. The molecule has 1 rings (SSSR count). The highest BCUT2D eigenvalue weighted by Gasteiger charge is 2.12. The van der Waals surface area contributed by atoms with E-state index in [1.165, 1.54) is 12.1 Å². The molecule has 0 aliphatic rings. The molecule has 0 aromatic heterocycles. The van der Waals surface area contributed by atoms with Gasteiger partial charge in [0.05, 0.1) is 0 Å². The van der Waals surface area contributed by atoms with E-state index in [1.54, 1.807) is 0 Å². The topological polar surface area (TPSA) is 66.5 Å². The van der Waals surface area contributed by atoms with Crippen LogP contribution in [0.3, 0.4) is 0 Å². The number of nitrogens with two attached hydrogens (primary N) is 1. The Morgan fingerprint density at radius 1 is 1.29 bits per heavy atom. The summed E-state index contributed by atoms with van der Waals surface area (Å²) in [5, 5.41) is 18.2. The van der Waals surface area contributed by atoms with Crippen LogP contribution >= 0.6 is 0 Å². The van der Waals surface area contributed by atoms with E-state index in [4.69, 9.17) is 10.8 Å². The van der Waals surface area contributed by atoms with Gasteiger partial charge in [0.25, 0.3) is 6.08 Å². The second kappa shape index (κ2) is 4.06. The molecule has 0 heterocycles. The molecule has 0 unspecified atom stereocenters. The van der Waals surface area contributed by atoms with E-state index in [2.05, 4.69) is 0 Å². The van der Waals surface area contributed by atoms with Crippen molar-refractivity contribution in [3.05, 3.63) is 29.8 Å². The highest BCUT2D eigenvalue weighted by molar-refractivity contribution is 5.72. The number of phenols is 2. The zero-order valence-electron chi connectivity index (χ0n) is 7.17. The van der Waals surface area contributed by atoms with Crippen molar-refractivity contribution in [3.8, 4) is 11.5 Å². The van der Waals surface area contributed by atoms with Crippen molar-refractivity contribution in [3.63, 3.8) is 0 Å². The predicted molar refractivity (Wildman–Crippen MR) is 48.0 cm³/mol. The minimum atomic E-state index is -1.94. The van der Waals surface area contributed by atoms with E-state index in [9.17, 15) is 13.9 Å². The smallest absolute Gasteiger partial charge is 0.275 e. The zero-order chi connectivity index (χ0) is 10.7. The summed E-state index contributed by atoms with van der Waals surface area (Å²) in [5.41, 5.74) is 4.61. The van der Waals surface area contributed by atoms with Crippen LogP contribution in [0.5, 0.6) is 11.5 Å². The molecule has 14 heavy (non-hydrogen) atoms. The Bertz CT molecular complexity index is 373. The predicted octanol–water partition coefficient (Wildman–Crippen LogP) is 1.66. The van der Waals surface area contributed by atoms with Crippen LogP contribution in [0.25, 0.3) is 5.57 Å². The van der Waals surface area contributed by atoms with E-state index >= 15 is 0 Å². The van der Waals surface area contributed by atoms with Gasteiger partial charge in [-0.15, -0.1) is 0 Å². The molecule has 0 aliphatic carbocycles. The highest BCUT2D eigenvalue weighted by Crippen LogP contribution is 2.30. The van der Waals surface area contributed by atoms with Gasteiger partial charge in [-0.2, -0.15) is 8.78 Å². The fourth-order valence-electron chi connectivity index (χ4n) is 1.06. The number of benzene rings is 1. The van der Waals surface area contributed by atoms with Crippen LogP contribution in [-0.2, 0) is 0 Å². The Morgan fingerprint density at radius 2 is 1.93 bits per heavy atom. The first-order valence-electron chi connectivity index (χ1n) is 3.83. The second-order valence-electron chi connectivity index (χ2n) is 2.64. The van der Waals surface area contributed by atoms with E-state index in [-0.39, 0.29) is 17.9 Å². The van der Waals surface area contributed by atoms with Gasteiger partial charge in [-0.1, -0.05) is 0 Å². The lowest BCUT2D eigenvalue weighted by Crippen LogP contribution is -2.03. The normalized spacial score (nSPS) is 9.93. The van der Waals surface area contributed by atoms with Gasteiger partial charge in [-0.3, -0.25) is 0 Å². The SMILES string of the molecule is NCC(=C(F)F)c1ccc(O)cc1O. The van der Waals surface area contributed by atoms with Crippen LogP contribution in [0.4, 0.5) is 8.78 Å². The molecule has 0 bridgehead atoms. The molecule has 0 saturated heterocycles. The molecule has 1 aromatic rings. The van der Waals surface area contributed by atoms with Gasteiger partial charge in [0, 0.05) is 23.7 Å². The maximum Gasteiger partial charge on any atom is 0.275 e. The molecular weight excluding hydrogens is 192 g/mol. The molecule has 5 heteroatoms. The van der Waals surface area contributed by atoms with E-state index in [0.717, 1.165) is 6.07 Å². The highest BCUT2D eigenvalue weighted by atomic mass is 19.3. The molecule has 3 nitrogen and oxygen atoms in total. The molecule has 0 fully saturated rings. The second-order valence-corrected chi connectivity index (χ2v) is 2.64. The van der Waals surface area contributed by atoms with Gasteiger partial charge in [0.2, 0.25) is 0 Å². The molecule has 0 spiro atoms. The van der Waals surface area contributed by atoms with Crippen molar-refractivity contribution < 1.29 is 19.0 Å². The number of rotatable bonds is 2. The maximum atomic E-state index is 12.3. The number of phenolic OH excluding ortho intramolecular Hbond substituents is 2. The summed E-state index contributed by atoms with van der Waals surface area (Å²) < 4.78 is 24.6. The van der Waals surface area contributed by atoms with Crippen LogP contribution in [0.2, 0.25) is 0 Å². The quantitative estimate of drug-likeness (QED) is 0.681. The summed E-state index contributed by atoms with van der Waals surface area (Å²) in [6.45, 7) is -0.374. The van der Waals surface area contributed by atoms with Crippen LogP contribution in [0, 0.1) is 0 Å². The van der Waals surface area contributed by atoms with Gasteiger partial charge < -0.3 is 15.9 Å². The largest absolute Gasteiger partial charge is 0.508 e. The van der Waals surface area contributed by atoms with Gasteiger partial charge in [-0.05, 0) is 12.1 Å². The first kappa shape index (κ1) is 10.5. The molecular formula is C9H9F2NO2. The monoisotopic (exact) mass is 201 g/mol. The Morgan fingerprint density at radius 3 is 2.36 bits per heavy atom. The minimum Gasteiger partial charge on any atom is -0.508 e. The van der Waals surface area contributed by atoms with Crippen molar-refractivity contribution in [1.29, 1.82) is 0 Å². The lowest BCUT2D eigenvalue weighted by atomic mass is 10.1. The average molecular weight is 201 g/mol. The zero-order valence-corrected chi connectivity index (χ0v) is 7.17. The standard InChI is InChI=1S/C9H9F2NO2/c10-9(11)7(4-12)6-2-1-5(13)3-8(6)14/h1-3,13-14H,4,12H2. The fourth-order valence-corrected chi connectivity index (χ4v) is 1.06. The lowest BCUT2D eigenvalue weighted by molar-refractivity contribution is 0.421. The molecule has 76 valence electrons. The van der Waals surface area contributed by atoms with Crippen molar-refractivity contribution in [2.75, 3.05) is 6.54 Å². The number of halogens is 2. The van der Waals surface area contributed by atoms with Gasteiger partial charge in [0.1, 0.15) is 11.5 Å². The maximum absolute atomic E-state index is 12.3. The van der Waals surface area contributed by atoms with Crippen molar-refractivity contribution in [1.82, 2.24) is 0 Å². The number of aromatic hydroxyl groups is 2. The Hall–Kier alpha value is -1.62. The molecule has 0 amide bonds. The molecule has 0 saturated carbocycles. The van der Waals surface area contributed by atoms with Crippen LogP contribution < -0.4 is 5.73 Å². The lowest BCUT2D eigenvalue weighted by Gasteiger charge is -2.06. The summed E-state index contributed by atoms with van der Waals surface area (Å²) in [6, 6.07) is 3.37. The molecule has 0 aliphatic heterocycles. The van der Waals surface area contributed by atoms with Crippen molar-refractivity contribution in [2.45, 2.75) is 0 Å². The molecule has 1 aromatic carbocycles. The summed E-state index contributed by atoms with van der Waals surface area (Å²) in [6.07, 6.45) is -1.94. The Balaban J connectivity index is 3.25. The average Bonchev–Trinajstić information content (AvgIpc) is 2.09. The molecule has 0 atom stereocenters. The van der Waals surface area contributed by atoms with Crippen molar-refractivity contribution in [2.24, 2.45) is 5.73 Å². The Labute approximate surface area is 79.1 Å². The van der Waals surface area contributed by atoms with Crippen molar-refractivity contribution >= 4 is 5.57 Å². The van der Waals surface area contributed by atoms with Gasteiger partial charge in [-0.25, -0.2) is 0 Å². The fraction of sp³-hybridized carbons (Fsp3) is 0.111. The third kappa shape index (κ3) is 2.00. The van der Waals surface area contributed by atoms with Crippen LogP contribution in [-0.4, -0.2) is 16.8 Å². The third-order valence-electron chi connectivity index (χ3n) is 1.74. The third-order valence-corrected chi connectivity index (χ3v) is 1.74. The van der Waals surface area contributed by atoms with E-state index < -0.39 is 17.4 Å². The first-order valence-corrected chi connectivity index (χ1v) is 3.83. The summed E-state index contributed by atoms with van der Waals surface area (Å²) >= 11 is 0. The van der Waals surface area contributed by atoms with Crippen LogP contribution in [0.15, 0.2) is 24.3 Å². The van der Waals surface area contributed by atoms with E-state index in [0.29, 0.717) is 0 Å². The summed E-state index contributed by atoms with van der Waals surface area (Å²) in [7, 11) is 0. The summed E-state index contributed by atoms with van der Waals surface area (Å²) in [4.78, 5) is 0. The molecule has 0 radical (unpaired) electrons. The number of hydrogen-bond acceptors (Lipinski definition) is 3. The Kier molecular flexibility index (Phi) is 3.03. The van der Waals surface area contributed by atoms with E-state index in [1.807, 2.05) is 0 Å². The number of hydrogen-bond donors (Lipinski definition) is 3. The van der Waals surface area contributed by atoms with Gasteiger partial charge in [0.15, 0.2) is 0 Å². The first-order chi connectivity index (χ1) is 6.56.